The van der Waals surface area contributed by atoms with E-state index in [2.05, 4.69) is 10.3 Å². The zero-order valence-electron chi connectivity index (χ0n) is 10.3. The van der Waals surface area contributed by atoms with Gasteiger partial charge in [-0.25, -0.2) is 0 Å². The standard InChI is InChI=1S/C14H16N2O2/c1-2-10(9-17)16-14(18)12-5-3-7-13-11(12)6-4-8-15-13/h3-8,10,17H,2,9H2,1H3,(H,16,18)/t10-/m1/s1. The lowest BCUT2D eigenvalue weighted by molar-refractivity contribution is 0.0916. The zero-order chi connectivity index (χ0) is 13.0. The van der Waals surface area contributed by atoms with E-state index in [1.54, 1.807) is 12.3 Å². The minimum Gasteiger partial charge on any atom is -0.394 e. The highest BCUT2D eigenvalue weighted by molar-refractivity contribution is 6.06. The molecule has 4 nitrogen and oxygen atoms in total. The molecule has 2 N–H and O–H groups in total. The van der Waals surface area contributed by atoms with Crippen LogP contribution in [0.15, 0.2) is 36.5 Å². The van der Waals surface area contributed by atoms with Crippen LogP contribution in [0.3, 0.4) is 0 Å². The van der Waals surface area contributed by atoms with Crippen molar-refractivity contribution in [2.24, 2.45) is 0 Å². The van der Waals surface area contributed by atoms with E-state index in [1.165, 1.54) is 0 Å². The Balaban J connectivity index is 2.33. The number of carbonyl (C=O) groups excluding carboxylic acids is 1. The Hall–Kier alpha value is -1.94. The number of pyridine rings is 1. The first-order valence-corrected chi connectivity index (χ1v) is 6.01. The number of nitrogens with zero attached hydrogens (tertiary/aromatic N) is 1. The summed E-state index contributed by atoms with van der Waals surface area (Å²) in [6.45, 7) is 1.87. The van der Waals surface area contributed by atoms with E-state index in [0.717, 1.165) is 10.9 Å². The summed E-state index contributed by atoms with van der Waals surface area (Å²) in [6.07, 6.45) is 2.40. The number of nitrogens with one attached hydrogen (secondary N) is 1. The second-order valence-electron chi connectivity index (χ2n) is 4.14. The monoisotopic (exact) mass is 244 g/mol. The molecule has 2 rings (SSSR count). The van der Waals surface area contributed by atoms with Crippen LogP contribution in [-0.4, -0.2) is 28.6 Å². The van der Waals surface area contributed by atoms with Crippen LogP contribution in [-0.2, 0) is 0 Å². The van der Waals surface area contributed by atoms with Gasteiger partial charge in [0.25, 0.3) is 5.91 Å². The minimum atomic E-state index is -0.204. The van der Waals surface area contributed by atoms with Gasteiger partial charge in [0, 0.05) is 17.1 Å². The maximum absolute atomic E-state index is 12.1. The summed E-state index contributed by atoms with van der Waals surface area (Å²) in [6, 6.07) is 8.92. The van der Waals surface area contributed by atoms with Gasteiger partial charge in [0.1, 0.15) is 0 Å². The highest BCUT2D eigenvalue weighted by Crippen LogP contribution is 2.16. The van der Waals surface area contributed by atoms with Crippen LogP contribution in [0.2, 0.25) is 0 Å². The third kappa shape index (κ3) is 2.49. The molecule has 1 heterocycles. The first kappa shape index (κ1) is 12.5. The molecule has 1 aromatic heterocycles. The molecule has 1 amide bonds. The van der Waals surface area contributed by atoms with E-state index in [-0.39, 0.29) is 18.6 Å². The molecule has 1 aromatic carbocycles. The normalized spacial score (nSPS) is 12.3. The third-order valence-electron chi connectivity index (χ3n) is 2.94. The fourth-order valence-electron chi connectivity index (χ4n) is 1.84. The van der Waals surface area contributed by atoms with E-state index in [9.17, 15) is 4.79 Å². The van der Waals surface area contributed by atoms with E-state index < -0.39 is 0 Å². The van der Waals surface area contributed by atoms with Crippen molar-refractivity contribution in [3.8, 4) is 0 Å². The Morgan fingerprint density at radius 1 is 1.39 bits per heavy atom. The molecule has 0 radical (unpaired) electrons. The molecule has 18 heavy (non-hydrogen) atoms. The van der Waals surface area contributed by atoms with Crippen LogP contribution >= 0.6 is 0 Å². The van der Waals surface area contributed by atoms with Crippen molar-refractivity contribution < 1.29 is 9.90 Å². The van der Waals surface area contributed by atoms with Crippen LogP contribution in [0.4, 0.5) is 0 Å². The Morgan fingerprint density at radius 3 is 2.94 bits per heavy atom. The largest absolute Gasteiger partial charge is 0.394 e. The second kappa shape index (κ2) is 5.60. The van der Waals surface area contributed by atoms with Gasteiger partial charge in [0.15, 0.2) is 0 Å². The van der Waals surface area contributed by atoms with Gasteiger partial charge in [0.05, 0.1) is 18.2 Å². The van der Waals surface area contributed by atoms with Crippen molar-refractivity contribution in [3.05, 3.63) is 42.1 Å². The number of benzene rings is 1. The van der Waals surface area contributed by atoms with Gasteiger partial charge in [-0.15, -0.1) is 0 Å². The van der Waals surface area contributed by atoms with Crippen LogP contribution in [0.1, 0.15) is 23.7 Å². The number of aliphatic hydroxyl groups excluding tert-OH is 1. The molecule has 2 aromatic rings. The number of rotatable bonds is 4. The van der Waals surface area contributed by atoms with Crippen LogP contribution in [0.25, 0.3) is 10.9 Å². The molecule has 0 saturated heterocycles. The van der Waals surface area contributed by atoms with Gasteiger partial charge in [-0.2, -0.15) is 0 Å². The lowest BCUT2D eigenvalue weighted by Gasteiger charge is -2.14. The summed E-state index contributed by atoms with van der Waals surface area (Å²) in [5, 5.41) is 12.7. The first-order chi connectivity index (χ1) is 8.76. The number of amides is 1. The van der Waals surface area contributed by atoms with Gasteiger partial charge in [-0.1, -0.05) is 19.1 Å². The summed E-state index contributed by atoms with van der Waals surface area (Å²) in [4.78, 5) is 16.4. The molecule has 94 valence electrons. The van der Waals surface area contributed by atoms with Crippen molar-refractivity contribution in [3.63, 3.8) is 0 Å². The molecule has 0 bridgehead atoms. The molecule has 0 aliphatic carbocycles. The lowest BCUT2D eigenvalue weighted by atomic mass is 10.1. The Bertz CT molecular complexity index is 545. The molecule has 0 aliphatic rings. The molecule has 1 atom stereocenters. The van der Waals surface area contributed by atoms with Gasteiger partial charge in [0.2, 0.25) is 0 Å². The Kier molecular flexibility index (Phi) is 3.89. The molecule has 0 saturated carbocycles. The second-order valence-corrected chi connectivity index (χ2v) is 4.14. The number of carbonyl (C=O) groups is 1. The highest BCUT2D eigenvalue weighted by atomic mass is 16.3. The van der Waals surface area contributed by atoms with E-state index >= 15 is 0 Å². The first-order valence-electron chi connectivity index (χ1n) is 6.01. The fraction of sp³-hybridized carbons (Fsp3) is 0.286. The van der Waals surface area contributed by atoms with Gasteiger partial charge in [-0.05, 0) is 24.6 Å². The summed E-state index contributed by atoms with van der Waals surface area (Å²) < 4.78 is 0. The predicted octanol–water partition coefficient (Wildman–Crippen LogP) is 1.74. The van der Waals surface area contributed by atoms with E-state index in [4.69, 9.17) is 5.11 Å². The predicted molar refractivity (Wildman–Crippen MR) is 70.4 cm³/mol. The van der Waals surface area contributed by atoms with Crippen molar-refractivity contribution in [1.82, 2.24) is 10.3 Å². The molecule has 0 spiro atoms. The number of aromatic nitrogens is 1. The summed E-state index contributed by atoms with van der Waals surface area (Å²) in [5.41, 5.74) is 1.38. The van der Waals surface area contributed by atoms with Gasteiger partial charge >= 0.3 is 0 Å². The Morgan fingerprint density at radius 2 is 2.22 bits per heavy atom. The average Bonchev–Trinajstić information content (AvgIpc) is 2.43. The minimum absolute atomic E-state index is 0.0503. The SMILES string of the molecule is CC[C@H](CO)NC(=O)c1cccc2ncccc12. The van der Waals surface area contributed by atoms with E-state index in [1.807, 2.05) is 31.2 Å². The molecular weight excluding hydrogens is 228 g/mol. The molecule has 0 aliphatic heterocycles. The average molecular weight is 244 g/mol. The summed E-state index contributed by atoms with van der Waals surface area (Å²) in [5.74, 6) is -0.172. The number of hydrogen-bond acceptors (Lipinski definition) is 3. The Labute approximate surface area is 106 Å². The quantitative estimate of drug-likeness (QED) is 0.861. The van der Waals surface area contributed by atoms with Gasteiger partial charge < -0.3 is 10.4 Å². The van der Waals surface area contributed by atoms with E-state index in [0.29, 0.717) is 12.0 Å². The van der Waals surface area contributed by atoms with Crippen molar-refractivity contribution >= 4 is 16.8 Å². The topological polar surface area (TPSA) is 62.2 Å². The van der Waals surface area contributed by atoms with Crippen LogP contribution < -0.4 is 5.32 Å². The number of hydrogen-bond donors (Lipinski definition) is 2. The van der Waals surface area contributed by atoms with Crippen molar-refractivity contribution in [2.45, 2.75) is 19.4 Å². The number of fused-ring (bicyclic) bond motifs is 1. The van der Waals surface area contributed by atoms with Crippen molar-refractivity contribution in [1.29, 1.82) is 0 Å². The maximum Gasteiger partial charge on any atom is 0.252 e. The van der Waals surface area contributed by atoms with Crippen LogP contribution in [0.5, 0.6) is 0 Å². The maximum atomic E-state index is 12.1. The van der Waals surface area contributed by atoms with Gasteiger partial charge in [-0.3, -0.25) is 9.78 Å². The zero-order valence-corrected chi connectivity index (χ0v) is 10.3. The van der Waals surface area contributed by atoms with Crippen molar-refractivity contribution in [2.75, 3.05) is 6.61 Å². The smallest absolute Gasteiger partial charge is 0.252 e. The highest BCUT2D eigenvalue weighted by Gasteiger charge is 2.13. The molecule has 0 unspecified atom stereocenters. The van der Waals surface area contributed by atoms with Crippen LogP contribution in [0, 0.1) is 0 Å². The summed E-state index contributed by atoms with van der Waals surface area (Å²) in [7, 11) is 0. The third-order valence-corrected chi connectivity index (χ3v) is 2.94. The molecule has 0 fully saturated rings. The molecular formula is C14H16N2O2. The lowest BCUT2D eigenvalue weighted by Crippen LogP contribution is -2.37. The summed E-state index contributed by atoms with van der Waals surface area (Å²) >= 11 is 0. The fourth-order valence-corrected chi connectivity index (χ4v) is 1.84. The molecule has 4 heteroatoms. The number of aliphatic hydroxyl groups is 1.